The number of para-hydroxylation sites is 1. The van der Waals surface area contributed by atoms with Crippen LogP contribution in [0.15, 0.2) is 89.7 Å². The van der Waals surface area contributed by atoms with E-state index in [0.29, 0.717) is 11.3 Å². The minimum atomic E-state index is -0.358. The number of rotatable bonds is 6. The third-order valence-corrected chi connectivity index (χ3v) is 5.55. The normalized spacial score (nSPS) is 11.3. The van der Waals surface area contributed by atoms with E-state index in [1.54, 1.807) is 29.6 Å². The highest BCUT2D eigenvalue weighted by molar-refractivity contribution is 6.29. The molecule has 0 saturated heterocycles. The minimum Gasteiger partial charge on any atom is -0.497 e. The van der Waals surface area contributed by atoms with Gasteiger partial charge in [0.2, 0.25) is 0 Å². The molecule has 0 radical (unpaired) electrons. The van der Waals surface area contributed by atoms with Gasteiger partial charge in [0, 0.05) is 12.6 Å². The van der Waals surface area contributed by atoms with E-state index in [9.17, 15) is 9.59 Å². The summed E-state index contributed by atoms with van der Waals surface area (Å²) in [6.45, 7) is 1.81. The highest BCUT2D eigenvalue weighted by Crippen LogP contribution is 2.23. The van der Waals surface area contributed by atoms with Crippen molar-refractivity contribution in [2.75, 3.05) is 12.4 Å². The third-order valence-electron chi connectivity index (χ3n) is 5.55. The summed E-state index contributed by atoms with van der Waals surface area (Å²) >= 11 is 0. The quantitative estimate of drug-likeness (QED) is 0.351. The van der Waals surface area contributed by atoms with E-state index in [2.05, 4.69) is 5.32 Å². The van der Waals surface area contributed by atoms with Gasteiger partial charge in [-0.05, 0) is 48.4 Å². The number of nitrogens with one attached hydrogen (secondary N) is 1. The first-order chi connectivity index (χ1) is 16.0. The lowest BCUT2D eigenvalue weighted by Gasteiger charge is -2.09. The van der Waals surface area contributed by atoms with Crippen molar-refractivity contribution in [3.8, 4) is 11.4 Å². The van der Waals surface area contributed by atoms with E-state index in [1.165, 1.54) is 0 Å². The van der Waals surface area contributed by atoms with Crippen molar-refractivity contribution in [1.82, 2.24) is 9.36 Å². The van der Waals surface area contributed by atoms with Gasteiger partial charge in [-0.3, -0.25) is 14.3 Å². The Bertz CT molecular complexity index is 1350. The van der Waals surface area contributed by atoms with Gasteiger partial charge in [-0.15, -0.1) is 0 Å². The number of amides is 1. The molecule has 0 aliphatic heterocycles. The number of benzene rings is 3. The number of nitrogens with zero attached hydrogens (tertiary/aromatic N) is 2. The van der Waals surface area contributed by atoms with Crippen LogP contribution in [-0.2, 0) is 11.8 Å². The molecule has 1 aromatic heterocycles. The topological polar surface area (TPSA) is 65.3 Å². The molecule has 0 saturated carbocycles. The molecule has 166 valence electrons. The van der Waals surface area contributed by atoms with Gasteiger partial charge in [0.15, 0.2) is 0 Å². The molecule has 4 aromatic rings. The van der Waals surface area contributed by atoms with Crippen LogP contribution in [0.3, 0.4) is 0 Å². The Kier molecular flexibility index (Phi) is 6.26. The predicted molar refractivity (Wildman–Crippen MR) is 132 cm³/mol. The molecule has 1 amide bonds. The molecule has 0 atom stereocenters. The summed E-state index contributed by atoms with van der Waals surface area (Å²) in [6.07, 6.45) is 1.80. The molecule has 0 aliphatic rings. The number of hydrogen-bond donors (Lipinski definition) is 1. The van der Waals surface area contributed by atoms with Crippen LogP contribution in [0.5, 0.6) is 5.75 Å². The lowest BCUT2D eigenvalue weighted by Crippen LogP contribution is -2.23. The highest BCUT2D eigenvalue weighted by Gasteiger charge is 2.20. The molecule has 6 heteroatoms. The summed E-state index contributed by atoms with van der Waals surface area (Å²) in [5, 5.41) is 2.86. The van der Waals surface area contributed by atoms with Crippen molar-refractivity contribution in [2.24, 2.45) is 7.05 Å². The largest absolute Gasteiger partial charge is 0.497 e. The smallest absolute Gasteiger partial charge is 0.295 e. The van der Waals surface area contributed by atoms with Crippen LogP contribution in [0.4, 0.5) is 5.69 Å². The zero-order valence-corrected chi connectivity index (χ0v) is 18.8. The molecule has 0 bridgehead atoms. The molecule has 1 heterocycles. The minimum absolute atomic E-state index is 0.253. The lowest BCUT2D eigenvalue weighted by molar-refractivity contribution is -0.111. The number of aromatic nitrogens is 2. The van der Waals surface area contributed by atoms with Gasteiger partial charge >= 0.3 is 0 Å². The fourth-order valence-electron chi connectivity index (χ4n) is 3.66. The number of anilines is 1. The van der Waals surface area contributed by atoms with Crippen LogP contribution in [0.1, 0.15) is 16.8 Å². The molecule has 6 nitrogen and oxygen atoms in total. The monoisotopic (exact) mass is 439 g/mol. The maximum atomic E-state index is 13.4. The van der Waals surface area contributed by atoms with E-state index < -0.39 is 0 Å². The Morgan fingerprint density at radius 3 is 2.12 bits per heavy atom. The van der Waals surface area contributed by atoms with E-state index in [0.717, 1.165) is 22.6 Å². The molecule has 4 rings (SSSR count). The number of ether oxygens (including phenoxy) is 1. The second-order valence-electron chi connectivity index (χ2n) is 7.59. The van der Waals surface area contributed by atoms with Crippen LogP contribution < -0.4 is 15.6 Å². The highest BCUT2D eigenvalue weighted by atomic mass is 16.5. The van der Waals surface area contributed by atoms with Crippen molar-refractivity contribution >= 4 is 23.2 Å². The number of hydrogen-bond acceptors (Lipinski definition) is 3. The zero-order chi connectivity index (χ0) is 23.4. The third kappa shape index (κ3) is 4.50. The maximum Gasteiger partial charge on any atom is 0.295 e. The summed E-state index contributed by atoms with van der Waals surface area (Å²) in [5.41, 5.74) is 3.41. The van der Waals surface area contributed by atoms with Gasteiger partial charge in [0.1, 0.15) is 11.4 Å². The Hall–Kier alpha value is -4.32. The van der Waals surface area contributed by atoms with Gasteiger partial charge < -0.3 is 10.1 Å². The molecular formula is C27H25N3O3. The fourth-order valence-corrected chi connectivity index (χ4v) is 3.66. The van der Waals surface area contributed by atoms with Gasteiger partial charge in [-0.25, -0.2) is 4.68 Å². The molecule has 1 N–H and O–H groups in total. The van der Waals surface area contributed by atoms with Crippen LogP contribution >= 0.6 is 0 Å². The Labute approximate surface area is 192 Å². The van der Waals surface area contributed by atoms with E-state index in [4.69, 9.17) is 4.74 Å². The first-order valence-electron chi connectivity index (χ1n) is 10.6. The standard InChI is InChI=1S/C27H25N3O3/c1-19-25(27(32)30(29(19)2)22-12-8-5-9-13-22)28-26(31)24(21-10-6-4-7-11-21)18-20-14-16-23(33-3)17-15-20/h4-18H,1-3H3,(H,28,31)/b24-18+. The first kappa shape index (κ1) is 21.9. The van der Waals surface area contributed by atoms with Crippen molar-refractivity contribution in [3.63, 3.8) is 0 Å². The number of carbonyl (C=O) groups is 1. The van der Waals surface area contributed by atoms with Gasteiger partial charge in [0.25, 0.3) is 11.5 Å². The maximum absolute atomic E-state index is 13.4. The Morgan fingerprint density at radius 1 is 0.909 bits per heavy atom. The van der Waals surface area contributed by atoms with Gasteiger partial charge in [0.05, 0.1) is 18.5 Å². The Morgan fingerprint density at radius 2 is 1.52 bits per heavy atom. The van der Waals surface area contributed by atoms with Gasteiger partial charge in [-0.1, -0.05) is 60.7 Å². The number of methoxy groups -OCH3 is 1. The zero-order valence-electron chi connectivity index (χ0n) is 18.8. The second-order valence-corrected chi connectivity index (χ2v) is 7.59. The molecule has 0 unspecified atom stereocenters. The summed E-state index contributed by atoms with van der Waals surface area (Å²) in [4.78, 5) is 26.7. The second kappa shape index (κ2) is 9.44. The number of carbonyl (C=O) groups excluding carboxylic acids is 1. The molecule has 3 aromatic carbocycles. The average molecular weight is 440 g/mol. The van der Waals surface area contributed by atoms with Crippen LogP contribution in [0, 0.1) is 6.92 Å². The van der Waals surface area contributed by atoms with Crippen molar-refractivity contribution in [3.05, 3.63) is 112 Å². The Balaban J connectivity index is 1.74. The summed E-state index contributed by atoms with van der Waals surface area (Å²) in [6, 6.07) is 26.2. The lowest BCUT2D eigenvalue weighted by atomic mass is 10.0. The van der Waals surface area contributed by atoms with Crippen LogP contribution in [-0.4, -0.2) is 22.4 Å². The summed E-state index contributed by atoms with van der Waals surface area (Å²) in [7, 11) is 3.41. The molecule has 0 spiro atoms. The molecule has 0 aliphatic carbocycles. The first-order valence-corrected chi connectivity index (χ1v) is 10.6. The van der Waals surface area contributed by atoms with Crippen molar-refractivity contribution in [2.45, 2.75) is 6.92 Å². The van der Waals surface area contributed by atoms with Gasteiger partial charge in [-0.2, -0.15) is 0 Å². The molecular weight excluding hydrogens is 414 g/mol. The van der Waals surface area contributed by atoms with Crippen LogP contribution in [0.2, 0.25) is 0 Å². The van der Waals surface area contributed by atoms with Crippen molar-refractivity contribution < 1.29 is 9.53 Å². The summed E-state index contributed by atoms with van der Waals surface area (Å²) < 4.78 is 8.50. The van der Waals surface area contributed by atoms with E-state index >= 15 is 0 Å². The summed E-state index contributed by atoms with van der Waals surface area (Å²) in [5.74, 6) is 0.377. The average Bonchev–Trinajstić information content (AvgIpc) is 3.06. The van der Waals surface area contributed by atoms with Crippen molar-refractivity contribution in [1.29, 1.82) is 0 Å². The molecule has 33 heavy (non-hydrogen) atoms. The van der Waals surface area contributed by atoms with Crippen LogP contribution in [0.25, 0.3) is 17.3 Å². The van der Waals surface area contributed by atoms with E-state index in [-0.39, 0.29) is 17.2 Å². The molecule has 0 fully saturated rings. The predicted octanol–water partition coefficient (Wildman–Crippen LogP) is 4.67. The fraction of sp³-hybridized carbons (Fsp3) is 0.111. The SMILES string of the molecule is COc1ccc(/C=C(/C(=O)Nc2c(C)n(C)n(-c3ccccc3)c2=O)c2ccccc2)cc1. The van der Waals surface area contributed by atoms with E-state index in [1.807, 2.05) is 91.9 Å².